The van der Waals surface area contributed by atoms with Crippen LogP contribution < -0.4 is 0 Å². The van der Waals surface area contributed by atoms with Crippen LogP contribution in [0.1, 0.15) is 88.2 Å². The van der Waals surface area contributed by atoms with Crippen molar-refractivity contribution in [3.05, 3.63) is 35.1 Å². The van der Waals surface area contributed by atoms with E-state index in [9.17, 15) is 4.39 Å². The van der Waals surface area contributed by atoms with Gasteiger partial charge in [-0.1, -0.05) is 6.07 Å². The van der Waals surface area contributed by atoms with Gasteiger partial charge in [0.05, 0.1) is 11.7 Å². The third kappa shape index (κ3) is 4.28. The summed E-state index contributed by atoms with van der Waals surface area (Å²) in [6, 6.07) is 7.19. The summed E-state index contributed by atoms with van der Waals surface area (Å²) in [6.07, 6.45) is 13.6. The van der Waals surface area contributed by atoms with Crippen molar-refractivity contribution >= 4 is 0 Å². The Morgan fingerprint density at radius 1 is 0.929 bits per heavy atom. The van der Waals surface area contributed by atoms with Crippen LogP contribution in [0.5, 0.6) is 0 Å². The van der Waals surface area contributed by atoms with Crippen molar-refractivity contribution < 1.29 is 9.13 Å². The highest BCUT2D eigenvalue weighted by molar-refractivity contribution is 5.35. The highest BCUT2D eigenvalue weighted by atomic mass is 19.1. The lowest BCUT2D eigenvalue weighted by Gasteiger charge is -2.45. The Labute approximate surface area is 169 Å². The number of benzene rings is 1. The van der Waals surface area contributed by atoms with E-state index in [-0.39, 0.29) is 11.4 Å². The van der Waals surface area contributed by atoms with Crippen LogP contribution in [-0.4, -0.2) is 12.7 Å². The zero-order valence-electron chi connectivity index (χ0n) is 17.2. The molecule has 0 N–H and O–H groups in total. The summed E-state index contributed by atoms with van der Waals surface area (Å²) < 4.78 is 19.9. The third-order valence-corrected chi connectivity index (χ3v) is 8.03. The van der Waals surface area contributed by atoms with Crippen molar-refractivity contribution in [1.82, 2.24) is 0 Å². The number of hydrogen-bond acceptors (Lipinski definition) is 2. The second kappa shape index (κ2) is 8.95. The molecule has 0 bridgehead atoms. The summed E-state index contributed by atoms with van der Waals surface area (Å²) >= 11 is 0. The lowest BCUT2D eigenvalue weighted by Crippen LogP contribution is -2.35. The fraction of sp³-hybridized carbons (Fsp3) is 0.720. The van der Waals surface area contributed by atoms with Gasteiger partial charge in [-0.05, 0) is 118 Å². The first kappa shape index (κ1) is 19.9. The maximum atomic E-state index is 14.0. The number of fused-ring (bicyclic) bond motifs is 1. The minimum atomic E-state index is -0.353. The van der Waals surface area contributed by atoms with E-state index in [0.29, 0.717) is 12.0 Å². The van der Waals surface area contributed by atoms with E-state index in [4.69, 9.17) is 10.00 Å². The molecule has 0 spiro atoms. The van der Waals surface area contributed by atoms with Gasteiger partial charge in [-0.3, -0.25) is 0 Å². The Hall–Kier alpha value is -1.40. The Morgan fingerprint density at radius 3 is 2.25 bits per heavy atom. The first-order chi connectivity index (χ1) is 13.7. The number of halogens is 1. The Kier molecular flexibility index (Phi) is 6.36. The normalized spacial score (nSPS) is 35.8. The number of nitrogens with zero attached hydrogens (tertiary/aromatic N) is 1. The molecule has 0 aliphatic heterocycles. The van der Waals surface area contributed by atoms with E-state index >= 15 is 0 Å². The molecule has 0 heterocycles. The summed E-state index contributed by atoms with van der Waals surface area (Å²) in [7, 11) is 0. The summed E-state index contributed by atoms with van der Waals surface area (Å²) in [5, 5.41) is 8.95. The van der Waals surface area contributed by atoms with Crippen LogP contribution in [0.2, 0.25) is 0 Å². The van der Waals surface area contributed by atoms with E-state index in [0.717, 1.165) is 35.8 Å². The molecule has 0 amide bonds. The maximum Gasteiger partial charge on any atom is 0.141 e. The summed E-state index contributed by atoms with van der Waals surface area (Å²) in [5.41, 5.74) is 1.27. The van der Waals surface area contributed by atoms with Crippen LogP contribution in [0.4, 0.5) is 4.39 Å². The van der Waals surface area contributed by atoms with Crippen molar-refractivity contribution in [3.8, 4) is 6.07 Å². The van der Waals surface area contributed by atoms with Crippen LogP contribution in [0.15, 0.2) is 18.2 Å². The fourth-order valence-corrected chi connectivity index (χ4v) is 6.49. The maximum absolute atomic E-state index is 14.0. The van der Waals surface area contributed by atoms with E-state index in [1.54, 1.807) is 12.1 Å². The number of hydrogen-bond donors (Lipinski definition) is 0. The molecule has 0 aromatic heterocycles. The van der Waals surface area contributed by atoms with Crippen molar-refractivity contribution in [3.63, 3.8) is 0 Å². The van der Waals surface area contributed by atoms with Crippen LogP contribution in [0, 0.1) is 40.8 Å². The van der Waals surface area contributed by atoms with Gasteiger partial charge >= 0.3 is 0 Å². The Morgan fingerprint density at radius 2 is 1.57 bits per heavy atom. The molecule has 152 valence electrons. The molecule has 4 atom stereocenters. The van der Waals surface area contributed by atoms with Gasteiger partial charge in [-0.15, -0.1) is 0 Å². The summed E-state index contributed by atoms with van der Waals surface area (Å²) in [5.74, 6) is 3.65. The number of rotatable bonds is 4. The van der Waals surface area contributed by atoms with Gasteiger partial charge in [0.15, 0.2) is 0 Å². The predicted molar refractivity (Wildman–Crippen MR) is 109 cm³/mol. The zero-order chi connectivity index (χ0) is 19.5. The molecule has 28 heavy (non-hydrogen) atoms. The van der Waals surface area contributed by atoms with Gasteiger partial charge < -0.3 is 4.74 Å². The van der Waals surface area contributed by atoms with Gasteiger partial charge in [0.25, 0.3) is 0 Å². The molecule has 3 fully saturated rings. The van der Waals surface area contributed by atoms with Crippen molar-refractivity contribution in [1.29, 1.82) is 5.26 Å². The van der Waals surface area contributed by atoms with E-state index in [2.05, 4.69) is 6.92 Å². The molecule has 3 aliphatic rings. The lowest BCUT2D eigenvalue weighted by atomic mass is 9.60. The van der Waals surface area contributed by atoms with Gasteiger partial charge in [0.2, 0.25) is 0 Å². The highest BCUT2D eigenvalue weighted by Crippen LogP contribution is 2.50. The summed E-state index contributed by atoms with van der Waals surface area (Å²) in [4.78, 5) is 0. The fourth-order valence-electron chi connectivity index (χ4n) is 6.49. The molecule has 4 rings (SSSR count). The lowest BCUT2D eigenvalue weighted by molar-refractivity contribution is 0.00583. The topological polar surface area (TPSA) is 33.0 Å². The zero-order valence-corrected chi connectivity index (χ0v) is 17.2. The molecule has 2 nitrogen and oxygen atoms in total. The molecular weight excluding hydrogens is 349 g/mol. The van der Waals surface area contributed by atoms with Crippen LogP contribution >= 0.6 is 0 Å². The van der Waals surface area contributed by atoms with Gasteiger partial charge in [0.1, 0.15) is 11.9 Å². The first-order valence-corrected chi connectivity index (χ1v) is 11.5. The van der Waals surface area contributed by atoms with Gasteiger partial charge in [-0.25, -0.2) is 4.39 Å². The number of nitriles is 1. The molecule has 4 unspecified atom stereocenters. The standard InChI is InChI=1S/C25H34FNO/c1-2-28-24-11-9-17(10-12-24)18-3-4-20-14-21(6-5-19(20)13-18)22-7-8-23(16-27)25(26)15-22/h7-8,15,17-21,24H,2-6,9-14H2,1H3. The van der Waals surface area contributed by atoms with Crippen LogP contribution in [0.3, 0.4) is 0 Å². The summed E-state index contributed by atoms with van der Waals surface area (Å²) in [6.45, 7) is 2.96. The van der Waals surface area contributed by atoms with Crippen molar-refractivity contribution in [2.24, 2.45) is 23.7 Å². The highest BCUT2D eigenvalue weighted by Gasteiger charge is 2.39. The van der Waals surface area contributed by atoms with Crippen molar-refractivity contribution in [2.75, 3.05) is 6.61 Å². The first-order valence-electron chi connectivity index (χ1n) is 11.5. The largest absolute Gasteiger partial charge is 0.379 e. The molecule has 1 aromatic carbocycles. The van der Waals surface area contributed by atoms with Crippen LogP contribution in [-0.2, 0) is 4.74 Å². The molecule has 0 saturated heterocycles. The van der Waals surface area contributed by atoms with Crippen LogP contribution in [0.25, 0.3) is 0 Å². The third-order valence-electron chi connectivity index (χ3n) is 8.03. The Balaban J connectivity index is 1.31. The average molecular weight is 384 g/mol. The minimum Gasteiger partial charge on any atom is -0.379 e. The SMILES string of the molecule is CCOC1CCC(C2CCC3CC(c4ccc(C#N)c(F)c4)CCC3C2)CC1. The smallest absolute Gasteiger partial charge is 0.141 e. The monoisotopic (exact) mass is 383 g/mol. The predicted octanol–water partition coefficient (Wildman–Crippen LogP) is 6.59. The molecule has 0 radical (unpaired) electrons. The van der Waals surface area contributed by atoms with E-state index < -0.39 is 0 Å². The van der Waals surface area contributed by atoms with E-state index in [1.165, 1.54) is 64.2 Å². The van der Waals surface area contributed by atoms with Gasteiger partial charge in [-0.2, -0.15) is 5.26 Å². The average Bonchev–Trinajstić information content (AvgIpc) is 2.74. The molecule has 3 aliphatic carbocycles. The Bertz CT molecular complexity index is 703. The second-order valence-corrected chi connectivity index (χ2v) is 9.45. The molecular formula is C25H34FNO. The van der Waals surface area contributed by atoms with Crippen molar-refractivity contribution in [2.45, 2.75) is 83.2 Å². The van der Waals surface area contributed by atoms with Gasteiger partial charge in [0, 0.05) is 6.61 Å². The molecule has 3 saturated carbocycles. The molecule has 3 heteroatoms. The van der Waals surface area contributed by atoms with E-state index in [1.807, 2.05) is 12.1 Å². The quantitative estimate of drug-likeness (QED) is 0.587. The number of ether oxygens (including phenoxy) is 1. The minimum absolute atomic E-state index is 0.164. The second-order valence-electron chi connectivity index (χ2n) is 9.45. The molecule has 1 aromatic rings.